The summed E-state index contributed by atoms with van der Waals surface area (Å²) in [6.45, 7) is 0. The maximum atomic E-state index is 12.4. The summed E-state index contributed by atoms with van der Waals surface area (Å²) >= 11 is 9.36. The average Bonchev–Trinajstić information content (AvgIpc) is 2.54. The fourth-order valence-corrected chi connectivity index (χ4v) is 5.08. The van der Waals surface area contributed by atoms with E-state index in [0.29, 0.717) is 0 Å². The van der Waals surface area contributed by atoms with Gasteiger partial charge in [0.05, 0.1) is 0 Å². The molecule has 0 aromatic carbocycles. The fourth-order valence-electron chi connectivity index (χ4n) is 2.26. The zero-order chi connectivity index (χ0) is 14.0. The van der Waals surface area contributed by atoms with Crippen LogP contribution in [-0.2, 0) is 17.1 Å². The number of hydrogen-bond acceptors (Lipinski definition) is 4. The van der Waals surface area contributed by atoms with Crippen molar-refractivity contribution in [3.63, 3.8) is 0 Å². The second-order valence-electron chi connectivity index (χ2n) is 4.69. The van der Waals surface area contributed by atoms with Gasteiger partial charge in [0.25, 0.3) is 10.0 Å². The highest BCUT2D eigenvalue weighted by Gasteiger charge is 2.30. The molecule has 1 heterocycles. The van der Waals surface area contributed by atoms with Crippen LogP contribution in [0.5, 0.6) is 0 Å². The van der Waals surface area contributed by atoms with Crippen molar-refractivity contribution in [2.45, 2.75) is 48.5 Å². The monoisotopic (exact) mass is 370 g/mol. The Labute approximate surface area is 126 Å². The quantitative estimate of drug-likeness (QED) is 0.649. The third-order valence-electron chi connectivity index (χ3n) is 3.23. The molecule has 1 aromatic rings. The van der Waals surface area contributed by atoms with Gasteiger partial charge in [0.2, 0.25) is 5.03 Å². The Morgan fingerprint density at radius 1 is 1.37 bits per heavy atom. The summed E-state index contributed by atoms with van der Waals surface area (Å²) in [5.74, 6) is 0. The molecule has 9 heteroatoms. The predicted molar refractivity (Wildman–Crippen MR) is 75.5 cm³/mol. The minimum Gasteiger partial charge on any atom is -0.235 e. The van der Waals surface area contributed by atoms with E-state index in [9.17, 15) is 8.42 Å². The second kappa shape index (κ2) is 6.07. The van der Waals surface area contributed by atoms with Crippen molar-refractivity contribution in [2.75, 3.05) is 0 Å². The zero-order valence-corrected chi connectivity index (χ0v) is 13.7. The standard InChI is InChI=1S/C10H16BrClN4O2S/c1-16-10(9(11)13-15-16)19(17,18)14-8-6-4-2-3-5-7(8)12/h7-8,14H,2-6H2,1H3. The highest BCUT2D eigenvalue weighted by molar-refractivity contribution is 9.10. The molecule has 1 aromatic heterocycles. The van der Waals surface area contributed by atoms with Crippen molar-refractivity contribution < 1.29 is 8.42 Å². The number of sulfonamides is 1. The zero-order valence-electron chi connectivity index (χ0n) is 10.5. The highest BCUT2D eigenvalue weighted by Crippen LogP contribution is 2.25. The molecular weight excluding hydrogens is 356 g/mol. The van der Waals surface area contributed by atoms with E-state index in [1.54, 1.807) is 0 Å². The van der Waals surface area contributed by atoms with E-state index in [-0.39, 0.29) is 21.0 Å². The Morgan fingerprint density at radius 2 is 2.05 bits per heavy atom. The minimum absolute atomic E-state index is 0.0283. The molecule has 108 valence electrons. The van der Waals surface area contributed by atoms with Gasteiger partial charge in [-0.05, 0) is 28.8 Å². The van der Waals surface area contributed by atoms with Crippen molar-refractivity contribution in [2.24, 2.45) is 7.05 Å². The second-order valence-corrected chi connectivity index (χ2v) is 7.63. The lowest BCUT2D eigenvalue weighted by Crippen LogP contribution is -2.41. The van der Waals surface area contributed by atoms with Gasteiger partial charge >= 0.3 is 0 Å². The van der Waals surface area contributed by atoms with E-state index in [4.69, 9.17) is 11.6 Å². The van der Waals surface area contributed by atoms with Crippen LogP contribution >= 0.6 is 27.5 Å². The molecule has 0 spiro atoms. The van der Waals surface area contributed by atoms with E-state index in [0.717, 1.165) is 32.1 Å². The molecule has 1 aliphatic rings. The Hall–Kier alpha value is -0.180. The SMILES string of the molecule is Cn1nnc(Br)c1S(=O)(=O)NC1CCCCCC1Cl. The predicted octanol–water partition coefficient (Wildman–Crippen LogP) is 1.80. The van der Waals surface area contributed by atoms with Crippen LogP contribution in [0, 0.1) is 0 Å². The van der Waals surface area contributed by atoms with Crippen LogP contribution in [0.3, 0.4) is 0 Å². The lowest BCUT2D eigenvalue weighted by atomic mass is 10.1. The first-order valence-electron chi connectivity index (χ1n) is 6.13. The number of halogens is 2. The van der Waals surface area contributed by atoms with E-state index >= 15 is 0 Å². The van der Waals surface area contributed by atoms with Gasteiger partial charge in [-0.15, -0.1) is 16.7 Å². The molecule has 0 saturated heterocycles. The van der Waals surface area contributed by atoms with Gasteiger partial charge in [-0.25, -0.2) is 17.8 Å². The van der Waals surface area contributed by atoms with Crippen LogP contribution < -0.4 is 4.72 Å². The van der Waals surface area contributed by atoms with Crippen molar-refractivity contribution in [1.82, 2.24) is 19.7 Å². The van der Waals surface area contributed by atoms with Crippen LogP contribution in [0.4, 0.5) is 0 Å². The Bertz CT molecular complexity index is 528. The molecule has 6 nitrogen and oxygen atoms in total. The number of alkyl halides is 1. The number of rotatable bonds is 3. The summed E-state index contributed by atoms with van der Waals surface area (Å²) < 4.78 is 28.8. The Morgan fingerprint density at radius 3 is 2.68 bits per heavy atom. The van der Waals surface area contributed by atoms with Crippen molar-refractivity contribution in [3.8, 4) is 0 Å². The van der Waals surface area contributed by atoms with Crippen molar-refractivity contribution in [3.05, 3.63) is 4.60 Å². The fraction of sp³-hybridized carbons (Fsp3) is 0.800. The molecule has 0 radical (unpaired) electrons. The van der Waals surface area contributed by atoms with Gasteiger partial charge in [-0.3, -0.25) is 0 Å². The molecule has 2 atom stereocenters. The van der Waals surface area contributed by atoms with E-state index in [2.05, 4.69) is 31.0 Å². The van der Waals surface area contributed by atoms with Crippen LogP contribution in [-0.4, -0.2) is 34.8 Å². The maximum Gasteiger partial charge on any atom is 0.260 e. The third-order valence-corrected chi connectivity index (χ3v) is 6.13. The molecule has 19 heavy (non-hydrogen) atoms. The first-order chi connectivity index (χ1) is 8.92. The van der Waals surface area contributed by atoms with E-state index < -0.39 is 10.0 Å². The van der Waals surface area contributed by atoms with Gasteiger partial charge in [-0.2, -0.15) is 0 Å². The first-order valence-corrected chi connectivity index (χ1v) is 8.84. The molecule has 0 amide bonds. The summed E-state index contributed by atoms with van der Waals surface area (Å²) in [7, 11) is -2.13. The van der Waals surface area contributed by atoms with Gasteiger partial charge < -0.3 is 0 Å². The number of aryl methyl sites for hydroxylation is 1. The van der Waals surface area contributed by atoms with Crippen LogP contribution in [0.2, 0.25) is 0 Å². The van der Waals surface area contributed by atoms with Gasteiger partial charge in [-0.1, -0.05) is 24.5 Å². The third kappa shape index (κ3) is 3.48. The Balaban J connectivity index is 2.21. The van der Waals surface area contributed by atoms with Crippen LogP contribution in [0.1, 0.15) is 32.1 Å². The normalized spacial score (nSPS) is 25.2. The van der Waals surface area contributed by atoms with Crippen molar-refractivity contribution >= 4 is 37.6 Å². The topological polar surface area (TPSA) is 76.9 Å². The summed E-state index contributed by atoms with van der Waals surface area (Å²) in [4.78, 5) is 0. The molecule has 1 N–H and O–H groups in total. The van der Waals surface area contributed by atoms with Gasteiger partial charge in [0.15, 0.2) is 4.60 Å². The molecule has 2 rings (SSSR count). The smallest absolute Gasteiger partial charge is 0.235 e. The number of hydrogen-bond donors (Lipinski definition) is 1. The molecule has 0 aliphatic heterocycles. The average molecular weight is 372 g/mol. The van der Waals surface area contributed by atoms with Crippen molar-refractivity contribution in [1.29, 1.82) is 0 Å². The number of aromatic nitrogens is 3. The largest absolute Gasteiger partial charge is 0.260 e. The Kier molecular flexibility index (Phi) is 4.86. The van der Waals surface area contributed by atoms with E-state index in [1.165, 1.54) is 11.7 Å². The van der Waals surface area contributed by atoms with Gasteiger partial charge in [0.1, 0.15) is 0 Å². The lowest BCUT2D eigenvalue weighted by Gasteiger charge is -2.20. The molecule has 0 bridgehead atoms. The number of nitrogens with one attached hydrogen (secondary N) is 1. The minimum atomic E-state index is -3.67. The molecular formula is C10H16BrClN4O2S. The highest BCUT2D eigenvalue weighted by atomic mass is 79.9. The van der Waals surface area contributed by atoms with Crippen LogP contribution in [0.25, 0.3) is 0 Å². The molecule has 1 saturated carbocycles. The van der Waals surface area contributed by atoms with Gasteiger partial charge in [0, 0.05) is 18.5 Å². The maximum absolute atomic E-state index is 12.4. The summed E-state index contributed by atoms with van der Waals surface area (Å²) in [6.07, 6.45) is 4.72. The summed E-state index contributed by atoms with van der Waals surface area (Å²) in [5, 5.41) is 7.23. The van der Waals surface area contributed by atoms with Crippen LogP contribution in [0.15, 0.2) is 9.63 Å². The summed E-state index contributed by atoms with van der Waals surface area (Å²) in [6, 6.07) is -0.240. The molecule has 2 unspecified atom stereocenters. The summed E-state index contributed by atoms with van der Waals surface area (Å²) in [5.41, 5.74) is 0. The molecule has 1 fully saturated rings. The number of nitrogens with zero attached hydrogens (tertiary/aromatic N) is 3. The van der Waals surface area contributed by atoms with E-state index in [1.807, 2.05) is 0 Å². The lowest BCUT2D eigenvalue weighted by molar-refractivity contribution is 0.505. The first kappa shape index (κ1) is 15.2. The molecule has 1 aliphatic carbocycles.